The third kappa shape index (κ3) is 4.45. The predicted molar refractivity (Wildman–Crippen MR) is 111 cm³/mol. The highest BCUT2D eigenvalue weighted by molar-refractivity contribution is 14.0. The van der Waals surface area contributed by atoms with Gasteiger partial charge in [-0.1, -0.05) is 18.2 Å². The molecule has 1 aliphatic heterocycles. The van der Waals surface area contributed by atoms with Crippen LogP contribution in [-0.4, -0.2) is 28.9 Å². The molecule has 7 heteroatoms. The summed E-state index contributed by atoms with van der Waals surface area (Å²) in [6.45, 7) is 5.46. The molecule has 0 radical (unpaired) electrons. The molecule has 0 spiro atoms. The summed E-state index contributed by atoms with van der Waals surface area (Å²) in [5.41, 5.74) is 10.7. The first-order valence-corrected chi connectivity index (χ1v) is 8.33. The number of aliphatic imine (C=N–C) groups is 1. The second-order valence-electron chi connectivity index (χ2n) is 6.16. The third-order valence-corrected chi connectivity index (χ3v) is 4.58. The molecule has 1 atom stereocenters. The molecule has 2 heterocycles. The Balaban J connectivity index is 0.00000225. The summed E-state index contributed by atoms with van der Waals surface area (Å²) >= 11 is 0. The van der Waals surface area contributed by atoms with Crippen molar-refractivity contribution in [3.8, 4) is 5.75 Å². The van der Waals surface area contributed by atoms with Gasteiger partial charge in [-0.05, 0) is 31.9 Å². The third-order valence-electron chi connectivity index (χ3n) is 4.58. The number of nitrogens with one attached hydrogen (secondary N) is 1. The van der Waals surface area contributed by atoms with E-state index in [1.54, 1.807) is 0 Å². The van der Waals surface area contributed by atoms with Crippen LogP contribution in [0.3, 0.4) is 0 Å². The monoisotopic (exact) mass is 455 g/mol. The standard InChI is InChI=1S/C18H25N5O.HI/c1-12-14(13(2)23(3)22-12)8-10-20-18(19)21-16-9-11-24-17-7-5-4-6-15(16)17;/h4-7,16H,8-11H2,1-3H3,(H3,19,20,21);1H. The summed E-state index contributed by atoms with van der Waals surface area (Å²) in [6, 6.07) is 8.22. The number of fused-ring (bicyclic) bond motifs is 1. The van der Waals surface area contributed by atoms with Gasteiger partial charge in [0.05, 0.1) is 18.3 Å². The normalized spacial score (nSPS) is 16.6. The molecule has 3 rings (SSSR count). The average molecular weight is 455 g/mol. The number of nitrogens with zero attached hydrogens (tertiary/aromatic N) is 3. The number of aromatic nitrogens is 2. The highest BCUT2D eigenvalue weighted by Gasteiger charge is 2.21. The van der Waals surface area contributed by atoms with E-state index in [1.165, 1.54) is 11.3 Å². The first-order valence-electron chi connectivity index (χ1n) is 8.33. The lowest BCUT2D eigenvalue weighted by Crippen LogP contribution is -2.37. The van der Waals surface area contributed by atoms with Gasteiger partial charge in [-0.15, -0.1) is 24.0 Å². The quantitative estimate of drug-likeness (QED) is 0.422. The number of hydrogen-bond donors (Lipinski definition) is 2. The molecular formula is C18H26IN5O. The fourth-order valence-corrected chi connectivity index (χ4v) is 3.18. The van der Waals surface area contributed by atoms with Crippen LogP contribution in [0.4, 0.5) is 0 Å². The van der Waals surface area contributed by atoms with E-state index in [-0.39, 0.29) is 30.0 Å². The number of benzene rings is 1. The number of rotatable bonds is 4. The van der Waals surface area contributed by atoms with Crippen LogP contribution in [0.2, 0.25) is 0 Å². The molecule has 0 fully saturated rings. The van der Waals surface area contributed by atoms with Gasteiger partial charge in [0.15, 0.2) is 5.96 Å². The van der Waals surface area contributed by atoms with Crippen molar-refractivity contribution in [2.75, 3.05) is 13.2 Å². The minimum absolute atomic E-state index is 0. The van der Waals surface area contributed by atoms with Crippen LogP contribution >= 0.6 is 24.0 Å². The van der Waals surface area contributed by atoms with Crippen molar-refractivity contribution >= 4 is 29.9 Å². The first kappa shape index (κ1) is 19.6. The zero-order chi connectivity index (χ0) is 17.1. The minimum Gasteiger partial charge on any atom is -0.493 e. The van der Waals surface area contributed by atoms with Gasteiger partial charge in [-0.25, -0.2) is 0 Å². The van der Waals surface area contributed by atoms with Crippen LogP contribution in [0.25, 0.3) is 0 Å². The van der Waals surface area contributed by atoms with Crippen molar-refractivity contribution in [3.05, 3.63) is 46.8 Å². The molecule has 0 aliphatic carbocycles. The van der Waals surface area contributed by atoms with Gasteiger partial charge >= 0.3 is 0 Å². The zero-order valence-electron chi connectivity index (χ0n) is 15.0. The van der Waals surface area contributed by atoms with Crippen LogP contribution < -0.4 is 15.8 Å². The van der Waals surface area contributed by atoms with Crippen LogP contribution in [0, 0.1) is 13.8 Å². The number of halogens is 1. The van der Waals surface area contributed by atoms with Crippen LogP contribution in [0.1, 0.15) is 35.0 Å². The van der Waals surface area contributed by atoms with E-state index in [0.717, 1.165) is 29.8 Å². The molecule has 6 nitrogen and oxygen atoms in total. The van der Waals surface area contributed by atoms with Crippen molar-refractivity contribution in [3.63, 3.8) is 0 Å². The second-order valence-corrected chi connectivity index (χ2v) is 6.16. The van der Waals surface area contributed by atoms with Crippen molar-refractivity contribution in [2.45, 2.75) is 32.7 Å². The van der Waals surface area contributed by atoms with E-state index in [4.69, 9.17) is 10.5 Å². The number of hydrogen-bond acceptors (Lipinski definition) is 3. The SMILES string of the molecule is Cc1nn(C)c(C)c1CCN=C(N)NC1CCOc2ccccc21.I. The molecule has 1 aliphatic rings. The maximum Gasteiger partial charge on any atom is 0.189 e. The fraction of sp³-hybridized carbons (Fsp3) is 0.444. The Labute approximate surface area is 165 Å². The van der Waals surface area contributed by atoms with E-state index < -0.39 is 0 Å². The molecule has 1 aromatic carbocycles. The summed E-state index contributed by atoms with van der Waals surface area (Å²) in [4.78, 5) is 4.48. The Morgan fingerprint density at radius 1 is 1.40 bits per heavy atom. The molecule has 1 unspecified atom stereocenters. The summed E-state index contributed by atoms with van der Waals surface area (Å²) in [5.74, 6) is 1.41. The first-order chi connectivity index (χ1) is 11.6. The van der Waals surface area contributed by atoms with Crippen molar-refractivity contribution in [1.29, 1.82) is 0 Å². The van der Waals surface area contributed by atoms with E-state index in [2.05, 4.69) is 28.4 Å². The molecule has 0 bridgehead atoms. The Bertz CT molecular complexity index is 756. The zero-order valence-corrected chi connectivity index (χ0v) is 17.3. The summed E-state index contributed by atoms with van der Waals surface area (Å²) < 4.78 is 7.58. The number of nitrogens with two attached hydrogens (primary N) is 1. The summed E-state index contributed by atoms with van der Waals surface area (Å²) in [6.07, 6.45) is 1.73. The van der Waals surface area contributed by atoms with Crippen molar-refractivity contribution in [1.82, 2.24) is 15.1 Å². The molecule has 0 amide bonds. The maximum atomic E-state index is 6.08. The Kier molecular flexibility index (Phi) is 6.69. The van der Waals surface area contributed by atoms with Crippen molar-refractivity contribution < 1.29 is 4.74 Å². The number of guanidine groups is 1. The smallest absolute Gasteiger partial charge is 0.189 e. The van der Waals surface area contributed by atoms with Crippen LogP contribution in [-0.2, 0) is 13.5 Å². The van der Waals surface area contributed by atoms with Gasteiger partial charge in [0, 0.05) is 31.3 Å². The molecule has 0 saturated heterocycles. The lowest BCUT2D eigenvalue weighted by atomic mass is 10.0. The summed E-state index contributed by atoms with van der Waals surface area (Å²) in [5, 5.41) is 7.76. The number of para-hydroxylation sites is 1. The largest absolute Gasteiger partial charge is 0.493 e. The number of ether oxygens (including phenoxy) is 1. The van der Waals surface area contributed by atoms with Gasteiger partial charge in [0.1, 0.15) is 5.75 Å². The molecule has 136 valence electrons. The van der Waals surface area contributed by atoms with Gasteiger partial charge in [-0.2, -0.15) is 5.10 Å². The Morgan fingerprint density at radius 3 is 2.88 bits per heavy atom. The Hall–Kier alpha value is -1.77. The second kappa shape index (κ2) is 8.55. The average Bonchev–Trinajstić information content (AvgIpc) is 2.81. The Morgan fingerprint density at radius 2 is 2.16 bits per heavy atom. The molecule has 1 aromatic heterocycles. The van der Waals surface area contributed by atoms with Gasteiger partial charge in [0.2, 0.25) is 0 Å². The van der Waals surface area contributed by atoms with E-state index in [0.29, 0.717) is 19.1 Å². The molecule has 2 aromatic rings. The van der Waals surface area contributed by atoms with Crippen LogP contribution in [0.15, 0.2) is 29.3 Å². The lowest BCUT2D eigenvalue weighted by Gasteiger charge is -2.26. The molecule has 3 N–H and O–H groups in total. The highest BCUT2D eigenvalue weighted by atomic mass is 127. The summed E-state index contributed by atoms with van der Waals surface area (Å²) in [7, 11) is 1.97. The molecule has 25 heavy (non-hydrogen) atoms. The van der Waals surface area contributed by atoms with E-state index >= 15 is 0 Å². The molecular weight excluding hydrogens is 429 g/mol. The van der Waals surface area contributed by atoms with Gasteiger partial charge < -0.3 is 15.8 Å². The van der Waals surface area contributed by atoms with Gasteiger partial charge in [0.25, 0.3) is 0 Å². The molecule has 0 saturated carbocycles. The van der Waals surface area contributed by atoms with E-state index in [9.17, 15) is 0 Å². The number of aryl methyl sites for hydroxylation is 2. The topological polar surface area (TPSA) is 77.5 Å². The van der Waals surface area contributed by atoms with Gasteiger partial charge in [-0.3, -0.25) is 9.67 Å². The predicted octanol–water partition coefficient (Wildman–Crippen LogP) is 2.63. The fourth-order valence-electron chi connectivity index (χ4n) is 3.18. The van der Waals surface area contributed by atoms with Crippen molar-refractivity contribution in [2.24, 2.45) is 17.8 Å². The van der Waals surface area contributed by atoms with E-state index in [1.807, 2.05) is 36.9 Å². The lowest BCUT2D eigenvalue weighted by molar-refractivity contribution is 0.262. The van der Waals surface area contributed by atoms with Crippen LogP contribution in [0.5, 0.6) is 5.75 Å². The minimum atomic E-state index is 0. The highest BCUT2D eigenvalue weighted by Crippen LogP contribution is 2.31. The maximum absolute atomic E-state index is 6.08.